The number of nitrogens with zero attached hydrogens (tertiary/aromatic N) is 1. The van der Waals surface area contributed by atoms with Gasteiger partial charge in [0, 0.05) is 0 Å². The first kappa shape index (κ1) is 14.3. The number of rotatable bonds is 3. The second-order valence-electron chi connectivity index (χ2n) is 3.91. The van der Waals surface area contributed by atoms with Crippen molar-refractivity contribution >= 4 is 32.3 Å². The quantitative estimate of drug-likeness (QED) is 0.533. The molecule has 0 saturated heterocycles. The van der Waals surface area contributed by atoms with Crippen molar-refractivity contribution < 1.29 is 9.53 Å². The van der Waals surface area contributed by atoms with Crippen LogP contribution in [-0.4, -0.2) is 33.8 Å². The first-order chi connectivity index (χ1) is 9.70. The number of para-hydroxylation sites is 2. The molecule has 2 aromatic carbocycles. The van der Waals surface area contributed by atoms with Crippen LogP contribution in [0.3, 0.4) is 0 Å². The summed E-state index contributed by atoms with van der Waals surface area (Å²) in [5.41, 5.74) is 1.23. The second-order valence-corrected chi connectivity index (χ2v) is 4.72. The van der Waals surface area contributed by atoms with E-state index in [1.807, 2.05) is 42.5 Å². The summed E-state index contributed by atoms with van der Waals surface area (Å²) in [6, 6.07) is 16.3. The second kappa shape index (κ2) is 6.89. The monoisotopic (exact) mass is 333 g/mol. The molecular formula is C15H13N2O2Se. The summed E-state index contributed by atoms with van der Waals surface area (Å²) >= 11 is 2.74. The number of amides is 1. The Morgan fingerprint density at radius 3 is 2.45 bits per heavy atom. The summed E-state index contributed by atoms with van der Waals surface area (Å²) in [7, 11) is 1.58. The van der Waals surface area contributed by atoms with Crippen LogP contribution in [0.5, 0.6) is 5.75 Å². The van der Waals surface area contributed by atoms with Crippen LogP contribution in [0.2, 0.25) is 0 Å². The Hall–Kier alpha value is -2.10. The molecule has 0 aromatic heterocycles. The van der Waals surface area contributed by atoms with Gasteiger partial charge in [0.25, 0.3) is 0 Å². The number of aliphatic imine (C=N–C) groups is 1. The molecule has 2 aromatic rings. The van der Waals surface area contributed by atoms with Crippen LogP contribution in [-0.2, 0) is 0 Å². The minimum absolute atomic E-state index is 0.210. The summed E-state index contributed by atoms with van der Waals surface area (Å²) in [6.45, 7) is 0. The Labute approximate surface area is 125 Å². The molecule has 0 bridgehead atoms. The van der Waals surface area contributed by atoms with Crippen molar-refractivity contribution in [3.05, 3.63) is 60.2 Å². The van der Waals surface area contributed by atoms with E-state index in [0.29, 0.717) is 21.7 Å². The number of nitrogens with one attached hydrogen (secondary N) is 1. The van der Waals surface area contributed by atoms with E-state index in [4.69, 9.17) is 4.74 Å². The zero-order valence-corrected chi connectivity index (χ0v) is 12.6. The van der Waals surface area contributed by atoms with Gasteiger partial charge >= 0.3 is 125 Å². The first-order valence-electron chi connectivity index (χ1n) is 5.96. The van der Waals surface area contributed by atoms with Gasteiger partial charge in [0.05, 0.1) is 0 Å². The van der Waals surface area contributed by atoms with Crippen LogP contribution >= 0.6 is 0 Å². The van der Waals surface area contributed by atoms with Crippen molar-refractivity contribution in [1.82, 2.24) is 5.32 Å². The standard InChI is InChI=1S/C15H13N2O2Se/c1-19-13-10-6-5-9-12(13)16-15(20)17-14(18)11-7-3-2-4-8-11/h2-10H,1H3,(H,16,17,18). The van der Waals surface area contributed by atoms with E-state index in [0.717, 1.165) is 0 Å². The Kier molecular flexibility index (Phi) is 4.93. The zero-order valence-electron chi connectivity index (χ0n) is 10.9. The van der Waals surface area contributed by atoms with Crippen molar-refractivity contribution in [2.75, 3.05) is 7.11 Å². The molecule has 0 aliphatic carbocycles. The molecule has 1 amide bonds. The summed E-state index contributed by atoms with van der Waals surface area (Å²) in [4.78, 5) is 16.3. The topological polar surface area (TPSA) is 50.7 Å². The summed E-state index contributed by atoms with van der Waals surface area (Å²) in [5.74, 6) is 0.437. The third-order valence-electron chi connectivity index (χ3n) is 2.56. The van der Waals surface area contributed by atoms with E-state index in [1.54, 1.807) is 19.2 Å². The summed E-state index contributed by atoms with van der Waals surface area (Å²) < 4.78 is 5.59. The van der Waals surface area contributed by atoms with Gasteiger partial charge in [0.1, 0.15) is 0 Å². The normalized spacial score (nSPS) is 10.9. The minimum atomic E-state index is -0.210. The molecule has 0 spiro atoms. The van der Waals surface area contributed by atoms with Gasteiger partial charge in [-0.25, -0.2) is 0 Å². The van der Waals surface area contributed by atoms with Gasteiger partial charge < -0.3 is 0 Å². The maximum atomic E-state index is 12.0. The van der Waals surface area contributed by atoms with Crippen LogP contribution in [0.1, 0.15) is 10.4 Å². The van der Waals surface area contributed by atoms with E-state index in [9.17, 15) is 4.79 Å². The first-order valence-corrected chi connectivity index (χ1v) is 6.81. The molecule has 4 nitrogen and oxygen atoms in total. The molecule has 20 heavy (non-hydrogen) atoms. The van der Waals surface area contributed by atoms with Crippen LogP contribution in [0, 0.1) is 0 Å². The third-order valence-corrected chi connectivity index (χ3v) is 2.97. The molecule has 0 fully saturated rings. The number of carbonyl (C=O) groups is 1. The van der Waals surface area contributed by atoms with Gasteiger partial charge in [-0.3, -0.25) is 0 Å². The van der Waals surface area contributed by atoms with Crippen LogP contribution < -0.4 is 10.1 Å². The Morgan fingerprint density at radius 1 is 1.10 bits per heavy atom. The number of hydrogen-bond acceptors (Lipinski definition) is 3. The Morgan fingerprint density at radius 2 is 1.75 bits per heavy atom. The maximum absolute atomic E-state index is 12.0. The van der Waals surface area contributed by atoms with Crippen molar-refractivity contribution in [3.8, 4) is 5.75 Å². The van der Waals surface area contributed by atoms with Gasteiger partial charge in [-0.05, 0) is 0 Å². The fourth-order valence-electron chi connectivity index (χ4n) is 1.62. The van der Waals surface area contributed by atoms with Gasteiger partial charge in [-0.2, -0.15) is 0 Å². The number of benzene rings is 2. The number of amidine groups is 1. The van der Waals surface area contributed by atoms with E-state index < -0.39 is 0 Å². The third kappa shape index (κ3) is 3.70. The summed E-state index contributed by atoms with van der Waals surface area (Å²) in [6.07, 6.45) is 0. The SMILES string of the molecule is COc1ccccc1N=C([Se])NC(=O)c1ccccc1. The van der Waals surface area contributed by atoms with Gasteiger partial charge in [0.2, 0.25) is 0 Å². The van der Waals surface area contributed by atoms with Gasteiger partial charge in [-0.15, -0.1) is 0 Å². The van der Waals surface area contributed by atoms with E-state index in [-0.39, 0.29) is 5.91 Å². The van der Waals surface area contributed by atoms with E-state index in [2.05, 4.69) is 26.3 Å². The number of carbonyl (C=O) groups excluding carboxylic acids is 1. The molecule has 0 unspecified atom stereocenters. The fourth-order valence-corrected chi connectivity index (χ4v) is 2.02. The number of ether oxygens (including phenoxy) is 1. The predicted octanol–water partition coefficient (Wildman–Crippen LogP) is 2.28. The van der Waals surface area contributed by atoms with Crippen molar-refractivity contribution in [1.29, 1.82) is 0 Å². The van der Waals surface area contributed by atoms with Crippen LogP contribution in [0.4, 0.5) is 5.69 Å². The van der Waals surface area contributed by atoms with Gasteiger partial charge in [0.15, 0.2) is 0 Å². The van der Waals surface area contributed by atoms with Gasteiger partial charge in [-0.1, -0.05) is 0 Å². The molecule has 0 aliphatic heterocycles. The number of methoxy groups -OCH3 is 1. The average Bonchev–Trinajstić information content (AvgIpc) is 2.48. The molecule has 5 heteroatoms. The van der Waals surface area contributed by atoms with Crippen LogP contribution in [0.25, 0.3) is 0 Å². The molecular weight excluding hydrogens is 319 g/mol. The predicted molar refractivity (Wildman–Crippen MR) is 79.8 cm³/mol. The average molecular weight is 332 g/mol. The molecule has 101 valence electrons. The molecule has 1 radical (unpaired) electrons. The molecule has 0 atom stereocenters. The molecule has 0 aliphatic rings. The fraction of sp³-hybridized carbons (Fsp3) is 0.0667. The van der Waals surface area contributed by atoms with E-state index >= 15 is 0 Å². The summed E-state index contributed by atoms with van der Waals surface area (Å²) in [5, 5.41) is 2.70. The molecule has 1 N–H and O–H groups in total. The Bertz CT molecular complexity index is 627. The Balaban J connectivity index is 2.13. The van der Waals surface area contributed by atoms with Crippen molar-refractivity contribution in [2.24, 2.45) is 4.99 Å². The molecule has 0 saturated carbocycles. The molecule has 2 rings (SSSR count). The zero-order chi connectivity index (χ0) is 14.4. The van der Waals surface area contributed by atoms with Crippen LogP contribution in [0.15, 0.2) is 59.6 Å². The molecule has 0 heterocycles. The van der Waals surface area contributed by atoms with Crippen molar-refractivity contribution in [3.63, 3.8) is 0 Å². The van der Waals surface area contributed by atoms with E-state index in [1.165, 1.54) is 0 Å². The van der Waals surface area contributed by atoms with Crippen molar-refractivity contribution in [2.45, 2.75) is 0 Å². The number of hydrogen-bond donors (Lipinski definition) is 1.